The molecular weight excluding hydrogens is 422 g/mol. The SMILES string of the molecule is CC(=O)Nc1ccc(Cl)cc1NC(=O)c1csc(-c2cnn(-c3ccccc3)c2)n1. The first kappa shape index (κ1) is 19.8. The van der Waals surface area contributed by atoms with Crippen LogP contribution >= 0.6 is 22.9 Å². The summed E-state index contributed by atoms with van der Waals surface area (Å²) < 4.78 is 1.75. The van der Waals surface area contributed by atoms with Crippen molar-refractivity contribution in [3.8, 4) is 16.3 Å². The van der Waals surface area contributed by atoms with Gasteiger partial charge in [-0.15, -0.1) is 11.3 Å². The molecule has 150 valence electrons. The van der Waals surface area contributed by atoms with Crippen LogP contribution in [0, 0.1) is 0 Å². The van der Waals surface area contributed by atoms with E-state index in [1.54, 1.807) is 34.5 Å². The third-order valence-electron chi connectivity index (χ3n) is 4.13. The lowest BCUT2D eigenvalue weighted by Crippen LogP contribution is -2.15. The molecule has 0 aliphatic carbocycles. The highest BCUT2D eigenvalue weighted by Crippen LogP contribution is 2.28. The number of aromatic nitrogens is 3. The monoisotopic (exact) mass is 437 g/mol. The molecule has 0 unspecified atom stereocenters. The number of carbonyl (C=O) groups excluding carboxylic acids is 2. The van der Waals surface area contributed by atoms with Crippen molar-refractivity contribution in [2.75, 3.05) is 10.6 Å². The van der Waals surface area contributed by atoms with Gasteiger partial charge in [0.15, 0.2) is 0 Å². The van der Waals surface area contributed by atoms with Crippen molar-refractivity contribution in [1.82, 2.24) is 14.8 Å². The molecule has 2 aromatic heterocycles. The Morgan fingerprint density at radius 2 is 1.87 bits per heavy atom. The molecule has 2 aromatic carbocycles. The van der Waals surface area contributed by atoms with Crippen LogP contribution in [-0.4, -0.2) is 26.6 Å². The van der Waals surface area contributed by atoms with Crippen LogP contribution < -0.4 is 10.6 Å². The Bertz CT molecular complexity index is 1220. The minimum absolute atomic E-state index is 0.251. The van der Waals surface area contributed by atoms with E-state index in [2.05, 4.69) is 20.7 Å². The van der Waals surface area contributed by atoms with Crippen molar-refractivity contribution in [3.05, 3.63) is 77.0 Å². The number of para-hydroxylation sites is 1. The molecule has 2 amide bonds. The number of hydrogen-bond donors (Lipinski definition) is 2. The molecule has 2 N–H and O–H groups in total. The van der Waals surface area contributed by atoms with Crippen molar-refractivity contribution in [3.63, 3.8) is 0 Å². The predicted octanol–water partition coefficient (Wildman–Crippen LogP) is 4.86. The van der Waals surface area contributed by atoms with Crippen LogP contribution in [0.5, 0.6) is 0 Å². The summed E-state index contributed by atoms with van der Waals surface area (Å²) in [7, 11) is 0. The van der Waals surface area contributed by atoms with E-state index in [-0.39, 0.29) is 11.6 Å². The molecule has 0 fully saturated rings. The van der Waals surface area contributed by atoms with Gasteiger partial charge >= 0.3 is 0 Å². The molecule has 7 nitrogen and oxygen atoms in total. The fraction of sp³-hybridized carbons (Fsp3) is 0.0476. The maximum Gasteiger partial charge on any atom is 0.275 e. The standard InChI is InChI=1S/C21H16ClN5O2S/c1-13(28)24-17-8-7-15(22)9-18(17)25-20(29)19-12-30-21(26-19)14-10-23-27(11-14)16-5-3-2-4-6-16/h2-12H,1H3,(H,24,28)(H,25,29). The normalized spacial score (nSPS) is 10.6. The summed E-state index contributed by atoms with van der Waals surface area (Å²) in [5.74, 6) is -0.652. The second-order valence-electron chi connectivity index (χ2n) is 6.37. The molecule has 30 heavy (non-hydrogen) atoms. The van der Waals surface area contributed by atoms with E-state index in [1.807, 2.05) is 36.5 Å². The van der Waals surface area contributed by atoms with Crippen molar-refractivity contribution in [2.24, 2.45) is 0 Å². The highest BCUT2D eigenvalue weighted by molar-refractivity contribution is 7.13. The van der Waals surface area contributed by atoms with Gasteiger partial charge in [0.2, 0.25) is 5.91 Å². The number of rotatable bonds is 5. The Labute approximate surface area is 181 Å². The number of amides is 2. The molecule has 0 aliphatic rings. The van der Waals surface area contributed by atoms with Crippen molar-refractivity contribution in [2.45, 2.75) is 6.92 Å². The Kier molecular flexibility index (Phi) is 5.60. The van der Waals surface area contributed by atoms with Gasteiger partial charge in [-0.05, 0) is 30.3 Å². The van der Waals surface area contributed by atoms with Gasteiger partial charge in [0.05, 0.1) is 23.3 Å². The minimum Gasteiger partial charge on any atom is -0.325 e. The number of halogens is 1. The quantitative estimate of drug-likeness (QED) is 0.466. The van der Waals surface area contributed by atoms with E-state index in [1.165, 1.54) is 18.3 Å². The summed E-state index contributed by atoms with van der Waals surface area (Å²) >= 11 is 7.38. The molecule has 2 heterocycles. The summed E-state index contributed by atoms with van der Waals surface area (Å²) in [4.78, 5) is 28.5. The predicted molar refractivity (Wildman–Crippen MR) is 118 cm³/mol. The van der Waals surface area contributed by atoms with Crippen LogP contribution in [0.25, 0.3) is 16.3 Å². The number of nitrogens with zero attached hydrogens (tertiary/aromatic N) is 3. The molecular formula is C21H16ClN5O2S. The molecule has 0 aliphatic heterocycles. The molecule has 9 heteroatoms. The third-order valence-corrected chi connectivity index (χ3v) is 5.25. The number of thiazole rings is 1. The number of benzene rings is 2. The average molecular weight is 438 g/mol. The Morgan fingerprint density at radius 3 is 2.63 bits per heavy atom. The van der Waals surface area contributed by atoms with Gasteiger partial charge in [0, 0.05) is 29.1 Å². The Balaban J connectivity index is 1.54. The lowest BCUT2D eigenvalue weighted by molar-refractivity contribution is -0.114. The molecule has 0 radical (unpaired) electrons. The molecule has 4 rings (SSSR count). The first-order valence-corrected chi connectivity index (χ1v) is 10.2. The minimum atomic E-state index is -0.401. The van der Waals surface area contributed by atoms with Crippen molar-refractivity contribution in [1.29, 1.82) is 0 Å². The van der Waals surface area contributed by atoms with Gasteiger partial charge in [-0.1, -0.05) is 29.8 Å². The highest BCUT2D eigenvalue weighted by Gasteiger charge is 2.16. The highest BCUT2D eigenvalue weighted by atomic mass is 35.5. The van der Waals surface area contributed by atoms with Crippen LogP contribution in [0.4, 0.5) is 11.4 Å². The zero-order chi connectivity index (χ0) is 21.1. The Hall–Kier alpha value is -3.49. The summed E-state index contributed by atoms with van der Waals surface area (Å²) in [6.45, 7) is 1.39. The number of hydrogen-bond acceptors (Lipinski definition) is 5. The van der Waals surface area contributed by atoms with Crippen LogP contribution in [0.2, 0.25) is 5.02 Å². The maximum atomic E-state index is 12.7. The van der Waals surface area contributed by atoms with E-state index in [9.17, 15) is 9.59 Å². The van der Waals surface area contributed by atoms with Gasteiger partial charge in [-0.2, -0.15) is 5.10 Å². The third kappa shape index (κ3) is 4.40. The van der Waals surface area contributed by atoms with Crippen molar-refractivity contribution < 1.29 is 9.59 Å². The van der Waals surface area contributed by atoms with Gasteiger partial charge < -0.3 is 10.6 Å². The molecule has 0 saturated carbocycles. The fourth-order valence-corrected chi connectivity index (χ4v) is 3.72. The van der Waals surface area contributed by atoms with E-state index in [0.29, 0.717) is 21.4 Å². The lowest BCUT2D eigenvalue weighted by Gasteiger charge is -2.11. The summed E-state index contributed by atoms with van der Waals surface area (Å²) in [5, 5.41) is 12.6. The molecule has 0 bridgehead atoms. The Morgan fingerprint density at radius 1 is 1.07 bits per heavy atom. The number of anilines is 2. The second kappa shape index (κ2) is 8.48. The zero-order valence-electron chi connectivity index (χ0n) is 15.8. The van der Waals surface area contributed by atoms with Gasteiger partial charge in [0.25, 0.3) is 5.91 Å². The fourth-order valence-electron chi connectivity index (χ4n) is 2.77. The summed E-state index contributed by atoms with van der Waals surface area (Å²) in [6, 6.07) is 14.6. The smallest absolute Gasteiger partial charge is 0.275 e. The van der Waals surface area contributed by atoms with E-state index < -0.39 is 5.91 Å². The van der Waals surface area contributed by atoms with E-state index in [0.717, 1.165) is 11.3 Å². The van der Waals surface area contributed by atoms with Gasteiger partial charge in [-0.3, -0.25) is 9.59 Å². The maximum absolute atomic E-state index is 12.7. The molecule has 4 aromatic rings. The van der Waals surface area contributed by atoms with Crippen LogP contribution in [0.15, 0.2) is 66.3 Å². The van der Waals surface area contributed by atoms with Crippen LogP contribution in [0.3, 0.4) is 0 Å². The lowest BCUT2D eigenvalue weighted by atomic mass is 10.2. The molecule has 0 saturated heterocycles. The number of nitrogens with one attached hydrogen (secondary N) is 2. The van der Waals surface area contributed by atoms with E-state index in [4.69, 9.17) is 11.6 Å². The van der Waals surface area contributed by atoms with Crippen molar-refractivity contribution >= 4 is 46.1 Å². The second-order valence-corrected chi connectivity index (χ2v) is 7.67. The first-order valence-electron chi connectivity index (χ1n) is 8.94. The van der Waals surface area contributed by atoms with Gasteiger partial charge in [0.1, 0.15) is 10.7 Å². The molecule has 0 spiro atoms. The number of carbonyl (C=O) groups is 2. The summed E-state index contributed by atoms with van der Waals surface area (Å²) in [5.41, 5.74) is 2.86. The largest absolute Gasteiger partial charge is 0.325 e. The van der Waals surface area contributed by atoms with Gasteiger partial charge in [-0.25, -0.2) is 9.67 Å². The first-order chi connectivity index (χ1) is 14.5. The summed E-state index contributed by atoms with van der Waals surface area (Å²) in [6.07, 6.45) is 3.57. The topological polar surface area (TPSA) is 88.9 Å². The molecule has 0 atom stereocenters. The van der Waals surface area contributed by atoms with Crippen LogP contribution in [-0.2, 0) is 4.79 Å². The van der Waals surface area contributed by atoms with Crippen LogP contribution in [0.1, 0.15) is 17.4 Å². The van der Waals surface area contributed by atoms with E-state index >= 15 is 0 Å². The average Bonchev–Trinajstić information content (AvgIpc) is 3.40. The zero-order valence-corrected chi connectivity index (χ0v) is 17.4.